The number of hydrogen-bond donors (Lipinski definition) is 1. The van der Waals surface area contributed by atoms with E-state index in [1.54, 1.807) is 0 Å². The maximum atomic E-state index is 11.7. The van der Waals surface area contributed by atoms with Gasteiger partial charge in [0.05, 0.1) is 0 Å². The Bertz CT molecular complexity index is 297. The van der Waals surface area contributed by atoms with Gasteiger partial charge in [0.1, 0.15) is 0 Å². The molecule has 1 N–H and O–H groups in total. The van der Waals surface area contributed by atoms with Gasteiger partial charge in [-0.2, -0.15) is 0 Å². The summed E-state index contributed by atoms with van der Waals surface area (Å²) in [5, 5.41) is 3.18. The number of hydrogen-bond acceptors (Lipinski definition) is 1. The van der Waals surface area contributed by atoms with Crippen LogP contribution in [0, 0.1) is 16.7 Å². The van der Waals surface area contributed by atoms with Crippen molar-refractivity contribution in [3.05, 3.63) is 0 Å². The van der Waals surface area contributed by atoms with Crippen molar-refractivity contribution in [2.75, 3.05) is 0 Å². The predicted molar refractivity (Wildman–Crippen MR) is 66.1 cm³/mol. The molecule has 3 unspecified atom stereocenters. The lowest BCUT2D eigenvalue weighted by molar-refractivity contribution is -0.120. The molecule has 0 aromatic rings. The van der Waals surface area contributed by atoms with Gasteiger partial charge in [-0.15, -0.1) is 0 Å². The van der Waals surface area contributed by atoms with E-state index < -0.39 is 0 Å². The van der Waals surface area contributed by atoms with Crippen molar-refractivity contribution in [2.45, 2.75) is 65.8 Å². The first-order valence-electron chi connectivity index (χ1n) is 6.69. The summed E-state index contributed by atoms with van der Waals surface area (Å²) in [6.45, 7) is 9.28. The molecule has 2 nitrogen and oxygen atoms in total. The van der Waals surface area contributed by atoms with Gasteiger partial charge < -0.3 is 5.32 Å². The topological polar surface area (TPSA) is 29.1 Å². The molecular weight excluding hydrogens is 198 g/mol. The average Bonchev–Trinajstić information content (AvgIpc) is 2.50. The molecular formula is C14H25NO. The van der Waals surface area contributed by atoms with E-state index in [9.17, 15) is 4.79 Å². The third-order valence-corrected chi connectivity index (χ3v) is 5.03. The summed E-state index contributed by atoms with van der Waals surface area (Å²) in [4.78, 5) is 11.7. The van der Waals surface area contributed by atoms with E-state index in [-0.39, 0.29) is 11.3 Å². The van der Waals surface area contributed by atoms with Crippen LogP contribution in [0.5, 0.6) is 0 Å². The summed E-state index contributed by atoms with van der Waals surface area (Å²) in [5.74, 6) is 0.943. The van der Waals surface area contributed by atoms with Crippen molar-refractivity contribution in [2.24, 2.45) is 16.7 Å². The smallest absolute Gasteiger partial charge is 0.220 e. The van der Waals surface area contributed by atoms with E-state index in [1.165, 1.54) is 19.3 Å². The highest BCUT2D eigenvalue weighted by atomic mass is 16.2. The van der Waals surface area contributed by atoms with Crippen molar-refractivity contribution in [1.82, 2.24) is 5.32 Å². The fourth-order valence-corrected chi connectivity index (χ4v) is 4.05. The lowest BCUT2D eigenvalue weighted by Gasteiger charge is -2.48. The van der Waals surface area contributed by atoms with Crippen LogP contribution in [-0.4, -0.2) is 11.9 Å². The van der Waals surface area contributed by atoms with Crippen LogP contribution in [0.2, 0.25) is 0 Å². The molecule has 92 valence electrons. The Kier molecular flexibility index (Phi) is 2.80. The van der Waals surface area contributed by atoms with E-state index in [4.69, 9.17) is 0 Å². The summed E-state index contributed by atoms with van der Waals surface area (Å²) in [6.07, 6.45) is 5.60. The van der Waals surface area contributed by atoms with E-state index in [0.717, 1.165) is 12.8 Å². The minimum atomic E-state index is 0.265. The molecule has 1 aliphatic carbocycles. The normalized spacial score (nSPS) is 42.4. The highest BCUT2D eigenvalue weighted by Gasteiger charge is 2.52. The van der Waals surface area contributed by atoms with Crippen LogP contribution < -0.4 is 5.32 Å². The molecule has 0 aromatic heterocycles. The summed E-state index contributed by atoms with van der Waals surface area (Å²) in [5.41, 5.74) is 0.732. The molecule has 1 saturated heterocycles. The quantitative estimate of drug-likeness (QED) is 0.727. The van der Waals surface area contributed by atoms with Gasteiger partial charge in [-0.25, -0.2) is 0 Å². The van der Waals surface area contributed by atoms with Gasteiger partial charge in [0.15, 0.2) is 0 Å². The maximum absolute atomic E-state index is 11.7. The van der Waals surface area contributed by atoms with Crippen LogP contribution in [-0.2, 0) is 4.79 Å². The highest BCUT2D eigenvalue weighted by Crippen LogP contribution is 2.54. The van der Waals surface area contributed by atoms with Gasteiger partial charge in [-0.3, -0.25) is 4.79 Å². The first kappa shape index (κ1) is 11.9. The van der Waals surface area contributed by atoms with Gasteiger partial charge in [0.2, 0.25) is 5.91 Å². The summed E-state index contributed by atoms with van der Waals surface area (Å²) < 4.78 is 0. The molecule has 3 atom stereocenters. The molecule has 0 radical (unpaired) electrons. The lowest BCUT2D eigenvalue weighted by Crippen LogP contribution is -2.46. The second-order valence-corrected chi connectivity index (χ2v) is 6.71. The molecule has 2 heteroatoms. The molecule has 2 aliphatic rings. The van der Waals surface area contributed by atoms with Crippen molar-refractivity contribution in [1.29, 1.82) is 0 Å². The van der Waals surface area contributed by atoms with Gasteiger partial charge >= 0.3 is 0 Å². The van der Waals surface area contributed by atoms with Crippen LogP contribution in [0.1, 0.15) is 59.8 Å². The minimum Gasteiger partial charge on any atom is -0.353 e. The van der Waals surface area contributed by atoms with Crippen LogP contribution in [0.4, 0.5) is 0 Å². The fourth-order valence-electron chi connectivity index (χ4n) is 4.05. The summed E-state index contributed by atoms with van der Waals surface area (Å²) in [7, 11) is 0. The minimum absolute atomic E-state index is 0.265. The zero-order valence-corrected chi connectivity index (χ0v) is 11.1. The third-order valence-electron chi connectivity index (χ3n) is 5.03. The number of rotatable bonds is 1. The second-order valence-electron chi connectivity index (χ2n) is 6.71. The Hall–Kier alpha value is -0.530. The van der Waals surface area contributed by atoms with Crippen LogP contribution in [0.25, 0.3) is 0 Å². The number of carbonyl (C=O) groups excluding carboxylic acids is 1. The molecule has 16 heavy (non-hydrogen) atoms. The zero-order chi connectivity index (χ0) is 12.0. The van der Waals surface area contributed by atoms with E-state index in [2.05, 4.69) is 33.0 Å². The Balaban J connectivity index is 2.22. The Labute approximate surface area is 99.2 Å². The molecule has 1 saturated carbocycles. The standard InChI is InChI=1S/C14H25NO/c1-5-11-14(9-12(16)15-11)7-6-13(3,4)8-10(14)2/h10-11H,5-9H2,1-4H3,(H,15,16). The monoisotopic (exact) mass is 223 g/mol. The lowest BCUT2D eigenvalue weighted by atomic mass is 9.56. The van der Waals surface area contributed by atoms with E-state index in [0.29, 0.717) is 17.4 Å². The van der Waals surface area contributed by atoms with E-state index in [1.807, 2.05) is 0 Å². The van der Waals surface area contributed by atoms with Gasteiger partial charge in [-0.05, 0) is 37.0 Å². The van der Waals surface area contributed by atoms with Crippen LogP contribution >= 0.6 is 0 Å². The predicted octanol–water partition coefficient (Wildman–Crippen LogP) is 3.12. The molecule has 1 amide bonds. The fraction of sp³-hybridized carbons (Fsp3) is 0.929. The molecule has 2 fully saturated rings. The number of amides is 1. The molecule has 1 spiro atoms. The first-order valence-corrected chi connectivity index (χ1v) is 6.69. The van der Waals surface area contributed by atoms with Gasteiger partial charge in [0, 0.05) is 17.9 Å². The largest absolute Gasteiger partial charge is 0.353 e. The van der Waals surface area contributed by atoms with Crippen LogP contribution in [0.15, 0.2) is 0 Å². The maximum Gasteiger partial charge on any atom is 0.220 e. The Morgan fingerprint density at radius 2 is 2.06 bits per heavy atom. The summed E-state index contributed by atoms with van der Waals surface area (Å²) >= 11 is 0. The molecule has 1 heterocycles. The van der Waals surface area contributed by atoms with Crippen LogP contribution in [0.3, 0.4) is 0 Å². The SMILES string of the molecule is CCC1NC(=O)CC12CCC(C)(C)CC2C. The second kappa shape index (κ2) is 3.75. The third kappa shape index (κ3) is 1.76. The number of carbonyl (C=O) groups is 1. The average molecular weight is 223 g/mol. The van der Waals surface area contributed by atoms with Crippen molar-refractivity contribution in [3.8, 4) is 0 Å². The van der Waals surface area contributed by atoms with Crippen molar-refractivity contribution in [3.63, 3.8) is 0 Å². The Morgan fingerprint density at radius 3 is 2.62 bits per heavy atom. The molecule has 0 bridgehead atoms. The highest BCUT2D eigenvalue weighted by molar-refractivity contribution is 5.80. The van der Waals surface area contributed by atoms with Gasteiger partial charge in [0.25, 0.3) is 0 Å². The van der Waals surface area contributed by atoms with Crippen molar-refractivity contribution < 1.29 is 4.79 Å². The number of nitrogens with one attached hydrogen (secondary N) is 1. The molecule has 0 aromatic carbocycles. The zero-order valence-electron chi connectivity index (χ0n) is 11.1. The van der Waals surface area contributed by atoms with Gasteiger partial charge in [-0.1, -0.05) is 27.7 Å². The summed E-state index contributed by atoms with van der Waals surface area (Å²) in [6, 6.07) is 0.422. The Morgan fingerprint density at radius 1 is 1.38 bits per heavy atom. The molecule has 2 rings (SSSR count). The molecule has 1 aliphatic heterocycles. The van der Waals surface area contributed by atoms with Crippen molar-refractivity contribution >= 4 is 5.91 Å². The van der Waals surface area contributed by atoms with E-state index >= 15 is 0 Å². The first-order chi connectivity index (χ1) is 7.39.